The number of hydrogen-bond donors (Lipinski definition) is 0. The Bertz CT molecular complexity index is 6.00. The first-order valence-corrected chi connectivity index (χ1v) is 0.816. The second kappa shape index (κ2) is 9.14. The third-order valence-electron chi connectivity index (χ3n) is 0. The molecule has 0 atom stereocenters. The number of rotatable bonds is 0. The molecule has 0 aliphatic rings. The van der Waals surface area contributed by atoms with E-state index < -0.39 is 0 Å². The topological polar surface area (TPSA) is 9.23 Å². The van der Waals surface area contributed by atoms with Crippen molar-refractivity contribution in [2.75, 3.05) is 14.2 Å². The van der Waals surface area contributed by atoms with E-state index in [0.717, 1.165) is 0 Å². The van der Waals surface area contributed by atoms with Crippen LogP contribution < -0.4 is 0 Å². The molecule has 0 saturated heterocycles. The van der Waals surface area contributed by atoms with Crippen molar-refractivity contribution in [2.24, 2.45) is 0 Å². The van der Waals surface area contributed by atoms with Gasteiger partial charge in [0.15, 0.2) is 0 Å². The second-order valence-corrected chi connectivity index (χ2v) is 0.408. The summed E-state index contributed by atoms with van der Waals surface area (Å²) in [7, 11) is 3.25. The SMILES string of the molecule is COC.[Zr]. The van der Waals surface area contributed by atoms with Crippen molar-refractivity contribution in [1.82, 2.24) is 0 Å². The van der Waals surface area contributed by atoms with E-state index in [-0.39, 0.29) is 26.2 Å². The summed E-state index contributed by atoms with van der Waals surface area (Å²) in [4.78, 5) is 0. The van der Waals surface area contributed by atoms with E-state index in [1.54, 1.807) is 14.2 Å². The number of ether oxygens (including phenoxy) is 1. The molecule has 0 spiro atoms. The molecule has 0 aromatic heterocycles. The molecule has 0 N–H and O–H groups in total. The zero-order valence-electron chi connectivity index (χ0n) is 2.91. The van der Waals surface area contributed by atoms with Gasteiger partial charge >= 0.3 is 0 Å². The predicted octanol–water partition coefficient (Wildman–Crippen LogP) is 0.260. The molecule has 1 nitrogen and oxygen atoms in total. The number of methoxy groups -OCH3 is 1. The van der Waals surface area contributed by atoms with Gasteiger partial charge in [0.25, 0.3) is 0 Å². The van der Waals surface area contributed by atoms with Crippen molar-refractivity contribution < 1.29 is 30.9 Å². The third-order valence-corrected chi connectivity index (χ3v) is 0. The van der Waals surface area contributed by atoms with E-state index in [1.165, 1.54) is 0 Å². The van der Waals surface area contributed by atoms with Gasteiger partial charge < -0.3 is 4.74 Å². The maximum atomic E-state index is 4.25. The monoisotopic (exact) mass is 136 g/mol. The van der Waals surface area contributed by atoms with Crippen LogP contribution in [-0.4, -0.2) is 14.2 Å². The molecular formula is C2H6OZr. The normalized spacial score (nSPS) is 4.50. The van der Waals surface area contributed by atoms with Crippen LogP contribution in [0.25, 0.3) is 0 Å². The minimum absolute atomic E-state index is 0. The van der Waals surface area contributed by atoms with Gasteiger partial charge in [-0.3, -0.25) is 0 Å². The smallest absolute Gasteiger partial charge is 0.0351 e. The van der Waals surface area contributed by atoms with E-state index in [1.807, 2.05) is 0 Å². The Morgan fingerprint density at radius 2 is 1.25 bits per heavy atom. The van der Waals surface area contributed by atoms with Gasteiger partial charge in [-0.05, 0) is 0 Å². The summed E-state index contributed by atoms with van der Waals surface area (Å²) in [5, 5.41) is 0. The van der Waals surface area contributed by atoms with Crippen molar-refractivity contribution >= 4 is 0 Å². The zero-order chi connectivity index (χ0) is 2.71. The van der Waals surface area contributed by atoms with Crippen LogP contribution in [-0.2, 0) is 30.9 Å². The molecule has 2 heteroatoms. The first kappa shape index (κ1) is 8.85. The van der Waals surface area contributed by atoms with Crippen LogP contribution in [0, 0.1) is 0 Å². The third kappa shape index (κ3) is 13.6. The van der Waals surface area contributed by atoms with Gasteiger partial charge in [-0.1, -0.05) is 0 Å². The van der Waals surface area contributed by atoms with E-state index in [2.05, 4.69) is 4.74 Å². The Morgan fingerprint density at radius 3 is 1.25 bits per heavy atom. The largest absolute Gasteiger partial charge is 0.388 e. The summed E-state index contributed by atoms with van der Waals surface area (Å²) in [6, 6.07) is 0. The Balaban J connectivity index is 0. The summed E-state index contributed by atoms with van der Waals surface area (Å²) in [5.41, 5.74) is 0. The van der Waals surface area contributed by atoms with Crippen molar-refractivity contribution in [3.05, 3.63) is 0 Å². The quantitative estimate of drug-likeness (QED) is 0.465. The maximum Gasteiger partial charge on any atom is 0.0351 e. The maximum absolute atomic E-state index is 4.25. The van der Waals surface area contributed by atoms with E-state index >= 15 is 0 Å². The molecule has 0 heterocycles. The van der Waals surface area contributed by atoms with Crippen LogP contribution in [0.15, 0.2) is 0 Å². The molecule has 0 bridgehead atoms. The predicted molar refractivity (Wildman–Crippen MR) is 12.9 cm³/mol. The fourth-order valence-electron chi connectivity index (χ4n) is 0. The molecule has 0 aliphatic heterocycles. The Morgan fingerprint density at radius 1 is 1.25 bits per heavy atom. The summed E-state index contributed by atoms with van der Waals surface area (Å²) in [5.74, 6) is 0. The summed E-state index contributed by atoms with van der Waals surface area (Å²) in [6.07, 6.45) is 0. The molecule has 0 aliphatic carbocycles. The van der Waals surface area contributed by atoms with Gasteiger partial charge in [0.1, 0.15) is 0 Å². The van der Waals surface area contributed by atoms with Crippen molar-refractivity contribution in [1.29, 1.82) is 0 Å². The van der Waals surface area contributed by atoms with Gasteiger partial charge in [0.2, 0.25) is 0 Å². The van der Waals surface area contributed by atoms with Gasteiger partial charge in [-0.15, -0.1) is 0 Å². The van der Waals surface area contributed by atoms with Crippen LogP contribution in [0.3, 0.4) is 0 Å². The van der Waals surface area contributed by atoms with E-state index in [0.29, 0.717) is 0 Å². The van der Waals surface area contributed by atoms with Gasteiger partial charge in [0.05, 0.1) is 0 Å². The molecule has 24 valence electrons. The fourth-order valence-corrected chi connectivity index (χ4v) is 0. The summed E-state index contributed by atoms with van der Waals surface area (Å²) < 4.78 is 4.25. The molecule has 0 aromatic rings. The average Bonchev–Trinajstić information content (AvgIpc) is 0.918. The van der Waals surface area contributed by atoms with Crippen molar-refractivity contribution in [3.8, 4) is 0 Å². The first-order chi connectivity index (χ1) is 1.41. The van der Waals surface area contributed by atoms with Gasteiger partial charge in [0, 0.05) is 40.4 Å². The van der Waals surface area contributed by atoms with Crippen LogP contribution in [0.1, 0.15) is 0 Å². The molecule has 0 radical (unpaired) electrons. The average molecular weight is 137 g/mol. The molecule has 0 saturated carbocycles. The zero-order valence-corrected chi connectivity index (χ0v) is 5.37. The van der Waals surface area contributed by atoms with Crippen LogP contribution in [0.5, 0.6) is 0 Å². The minimum Gasteiger partial charge on any atom is -0.388 e. The van der Waals surface area contributed by atoms with Gasteiger partial charge in [-0.25, -0.2) is 0 Å². The first-order valence-electron chi connectivity index (χ1n) is 0.816. The molecule has 0 fully saturated rings. The molecule has 0 aromatic carbocycles. The van der Waals surface area contributed by atoms with Crippen molar-refractivity contribution in [2.45, 2.75) is 0 Å². The van der Waals surface area contributed by atoms with Crippen molar-refractivity contribution in [3.63, 3.8) is 0 Å². The molecule has 0 unspecified atom stereocenters. The minimum atomic E-state index is 0. The molecular weight excluding hydrogens is 131 g/mol. The Labute approximate surface area is 45.5 Å². The number of hydrogen-bond acceptors (Lipinski definition) is 1. The molecule has 4 heavy (non-hydrogen) atoms. The molecule has 0 amide bonds. The fraction of sp³-hybridized carbons (Fsp3) is 1.00. The standard InChI is InChI=1S/C2H6O.Zr/c1-3-2;/h1-2H3;. The van der Waals surface area contributed by atoms with Crippen LogP contribution in [0.4, 0.5) is 0 Å². The van der Waals surface area contributed by atoms with E-state index in [4.69, 9.17) is 0 Å². The van der Waals surface area contributed by atoms with Gasteiger partial charge in [-0.2, -0.15) is 0 Å². The van der Waals surface area contributed by atoms with E-state index in [9.17, 15) is 0 Å². The molecule has 0 rings (SSSR count). The summed E-state index contributed by atoms with van der Waals surface area (Å²) in [6.45, 7) is 0. The van der Waals surface area contributed by atoms with Crippen LogP contribution >= 0.6 is 0 Å². The van der Waals surface area contributed by atoms with Crippen LogP contribution in [0.2, 0.25) is 0 Å². The summed E-state index contributed by atoms with van der Waals surface area (Å²) >= 11 is 0. The Kier molecular flexibility index (Phi) is 20.2. The Hall–Kier alpha value is 0.843. The second-order valence-electron chi connectivity index (χ2n) is 0.408.